The molecule has 0 aliphatic carbocycles. The van der Waals surface area contributed by atoms with Crippen LogP contribution in [-0.4, -0.2) is 24.2 Å². The molecule has 0 heterocycles. The van der Waals surface area contributed by atoms with Gasteiger partial charge in [-0.05, 0) is 77.9 Å². The molecule has 0 aromatic heterocycles. The van der Waals surface area contributed by atoms with E-state index in [1.54, 1.807) is 12.1 Å². The van der Waals surface area contributed by atoms with E-state index < -0.39 is 11.0 Å². The number of nitrogens with two attached hydrogens (primary N) is 1. The Morgan fingerprint density at radius 3 is 2.32 bits per heavy atom. The number of benzene rings is 3. The van der Waals surface area contributed by atoms with Crippen LogP contribution in [0.2, 0.25) is 0 Å². The minimum Gasteiger partial charge on any atom is -0.488 e. The maximum atomic E-state index is 12.1. The number of carbonyl (C=O) groups excluding carboxylic acids is 1. The van der Waals surface area contributed by atoms with Crippen LogP contribution >= 0.6 is 0 Å². The monoisotopic (exact) mass is 520 g/mol. The van der Waals surface area contributed by atoms with Crippen LogP contribution in [0.3, 0.4) is 0 Å². The molecule has 0 unspecified atom stereocenters. The van der Waals surface area contributed by atoms with Gasteiger partial charge in [0, 0.05) is 29.8 Å². The number of nitrogens with zero attached hydrogens (tertiary/aromatic N) is 1. The van der Waals surface area contributed by atoms with Crippen LogP contribution in [0.4, 0.5) is 16.2 Å². The van der Waals surface area contributed by atoms with Gasteiger partial charge in [-0.3, -0.25) is 15.4 Å². The second-order valence-corrected chi connectivity index (χ2v) is 10.6. The Kier molecular flexibility index (Phi) is 9.85. The number of rotatable bonds is 11. The summed E-state index contributed by atoms with van der Waals surface area (Å²) in [5, 5.41) is 15.8. The summed E-state index contributed by atoms with van der Waals surface area (Å²) >= 11 is 0. The predicted octanol–water partition coefficient (Wildman–Crippen LogP) is 5.79. The number of anilines is 1. The number of aryl methyl sites for hydroxylation is 2. The first-order chi connectivity index (χ1) is 18.0. The SMILES string of the molecule is Cc1cc(C)cc(NC(=O)OCCC[NH2+]Cc2cc(C(C)(C)C)ccc2OCc2ccc([N+](=O)[O-])cc2)c1. The molecule has 8 heteroatoms. The van der Waals surface area contributed by atoms with E-state index >= 15 is 0 Å². The molecule has 3 N–H and O–H groups in total. The number of ether oxygens (including phenoxy) is 2. The molecule has 0 spiro atoms. The Morgan fingerprint density at radius 1 is 1.00 bits per heavy atom. The maximum Gasteiger partial charge on any atom is 0.411 e. The van der Waals surface area contributed by atoms with Crippen LogP contribution < -0.4 is 15.4 Å². The summed E-state index contributed by atoms with van der Waals surface area (Å²) in [5.41, 5.74) is 6.12. The van der Waals surface area contributed by atoms with Crippen molar-refractivity contribution in [2.45, 2.75) is 59.6 Å². The molecular formula is C30H38N3O5+. The summed E-state index contributed by atoms with van der Waals surface area (Å²) in [6.45, 7) is 12.7. The predicted molar refractivity (Wildman–Crippen MR) is 149 cm³/mol. The Labute approximate surface area is 224 Å². The number of nitrogens with one attached hydrogen (secondary N) is 1. The van der Waals surface area contributed by atoms with Crippen molar-refractivity contribution in [1.82, 2.24) is 0 Å². The Bertz CT molecular complexity index is 1230. The maximum absolute atomic E-state index is 12.1. The third-order valence-electron chi connectivity index (χ3n) is 6.09. The highest BCUT2D eigenvalue weighted by Crippen LogP contribution is 2.28. The first-order valence-corrected chi connectivity index (χ1v) is 12.8. The quantitative estimate of drug-likeness (QED) is 0.189. The number of non-ortho nitro benzene ring substituents is 1. The first kappa shape index (κ1) is 28.7. The van der Waals surface area contributed by atoms with Crippen LogP contribution in [0, 0.1) is 24.0 Å². The number of hydrogen-bond donors (Lipinski definition) is 2. The van der Waals surface area contributed by atoms with E-state index in [-0.39, 0.29) is 11.1 Å². The third kappa shape index (κ3) is 8.88. The molecule has 3 rings (SSSR count). The van der Waals surface area contributed by atoms with Gasteiger partial charge in [0.1, 0.15) is 18.9 Å². The first-order valence-electron chi connectivity index (χ1n) is 12.8. The minimum atomic E-state index is -0.449. The zero-order chi connectivity index (χ0) is 27.7. The van der Waals surface area contributed by atoms with E-state index in [9.17, 15) is 14.9 Å². The van der Waals surface area contributed by atoms with E-state index in [2.05, 4.69) is 49.6 Å². The van der Waals surface area contributed by atoms with Crippen LogP contribution in [0.1, 0.15) is 55.0 Å². The molecule has 0 aliphatic rings. The molecule has 0 fully saturated rings. The van der Waals surface area contributed by atoms with Crippen molar-refractivity contribution in [1.29, 1.82) is 0 Å². The van der Waals surface area contributed by atoms with Gasteiger partial charge in [0.25, 0.3) is 5.69 Å². The summed E-state index contributed by atoms with van der Waals surface area (Å²) in [7, 11) is 0. The minimum absolute atomic E-state index is 0.00266. The van der Waals surface area contributed by atoms with E-state index in [1.807, 2.05) is 32.0 Å². The van der Waals surface area contributed by atoms with Crippen LogP contribution in [0.25, 0.3) is 0 Å². The molecule has 0 saturated carbocycles. The van der Waals surface area contributed by atoms with Gasteiger partial charge >= 0.3 is 6.09 Å². The zero-order valence-corrected chi connectivity index (χ0v) is 22.9. The third-order valence-corrected chi connectivity index (χ3v) is 6.09. The smallest absolute Gasteiger partial charge is 0.411 e. The van der Waals surface area contributed by atoms with Gasteiger partial charge in [-0.25, -0.2) is 4.79 Å². The lowest BCUT2D eigenvalue weighted by atomic mass is 9.86. The summed E-state index contributed by atoms with van der Waals surface area (Å²) in [4.78, 5) is 22.6. The Balaban J connectivity index is 1.50. The van der Waals surface area contributed by atoms with Gasteiger partial charge in [-0.1, -0.05) is 32.9 Å². The van der Waals surface area contributed by atoms with Crippen molar-refractivity contribution < 1.29 is 24.5 Å². The molecular weight excluding hydrogens is 482 g/mol. The van der Waals surface area contributed by atoms with Crippen molar-refractivity contribution in [2.24, 2.45) is 0 Å². The second-order valence-electron chi connectivity index (χ2n) is 10.6. The summed E-state index contributed by atoms with van der Waals surface area (Å²) in [6, 6.07) is 18.5. The van der Waals surface area contributed by atoms with E-state index in [0.29, 0.717) is 19.8 Å². The van der Waals surface area contributed by atoms with Gasteiger partial charge in [0.2, 0.25) is 0 Å². The largest absolute Gasteiger partial charge is 0.488 e. The molecule has 0 bridgehead atoms. The number of carbonyl (C=O) groups is 1. The lowest BCUT2D eigenvalue weighted by Gasteiger charge is -2.21. The van der Waals surface area contributed by atoms with E-state index in [0.717, 1.165) is 46.7 Å². The van der Waals surface area contributed by atoms with Gasteiger partial charge in [-0.2, -0.15) is 0 Å². The summed E-state index contributed by atoms with van der Waals surface area (Å²) in [5.74, 6) is 0.789. The number of amides is 1. The van der Waals surface area contributed by atoms with Crippen LogP contribution in [0.15, 0.2) is 60.7 Å². The fourth-order valence-electron chi connectivity index (χ4n) is 4.07. The molecule has 8 nitrogen and oxygen atoms in total. The lowest BCUT2D eigenvalue weighted by molar-refractivity contribution is -0.671. The molecule has 0 atom stereocenters. The molecule has 38 heavy (non-hydrogen) atoms. The van der Waals surface area contributed by atoms with E-state index in [4.69, 9.17) is 9.47 Å². The fourth-order valence-corrected chi connectivity index (χ4v) is 4.07. The zero-order valence-electron chi connectivity index (χ0n) is 22.9. The summed E-state index contributed by atoms with van der Waals surface area (Å²) < 4.78 is 11.4. The number of hydrogen-bond acceptors (Lipinski definition) is 5. The van der Waals surface area contributed by atoms with E-state index in [1.165, 1.54) is 17.7 Å². The molecule has 3 aromatic rings. The normalized spacial score (nSPS) is 11.2. The highest BCUT2D eigenvalue weighted by molar-refractivity contribution is 5.84. The van der Waals surface area contributed by atoms with Crippen molar-refractivity contribution in [3.63, 3.8) is 0 Å². The van der Waals surface area contributed by atoms with Crippen molar-refractivity contribution in [3.05, 3.63) is 98.6 Å². The Morgan fingerprint density at radius 2 is 1.68 bits per heavy atom. The second kappa shape index (κ2) is 13.1. The molecule has 1 amide bonds. The highest BCUT2D eigenvalue weighted by Gasteiger charge is 2.17. The molecule has 3 aromatic carbocycles. The molecule has 0 radical (unpaired) electrons. The average molecular weight is 521 g/mol. The number of nitro groups is 1. The number of quaternary nitrogens is 1. The molecule has 0 saturated heterocycles. The lowest BCUT2D eigenvalue weighted by Crippen LogP contribution is -2.82. The van der Waals surface area contributed by atoms with Crippen LogP contribution in [0.5, 0.6) is 5.75 Å². The van der Waals surface area contributed by atoms with Gasteiger partial charge < -0.3 is 14.8 Å². The average Bonchev–Trinajstić information content (AvgIpc) is 2.84. The number of nitro benzene ring substituents is 1. The van der Waals surface area contributed by atoms with Gasteiger partial charge in [0.15, 0.2) is 0 Å². The van der Waals surface area contributed by atoms with Crippen LogP contribution in [-0.2, 0) is 23.3 Å². The van der Waals surface area contributed by atoms with Gasteiger partial charge in [-0.15, -0.1) is 0 Å². The standard InChI is InChI=1S/C30H37N3O5/c1-21-15-22(2)17-26(16-21)32-29(34)37-14-6-13-31-19-24-18-25(30(3,4)5)9-12-28(24)38-20-23-7-10-27(11-8-23)33(35)36/h7-12,15-18,31H,6,13-14,19-20H2,1-5H3,(H,32,34)/p+1. The van der Waals surface area contributed by atoms with Crippen molar-refractivity contribution in [3.8, 4) is 5.75 Å². The molecule has 0 aliphatic heterocycles. The van der Waals surface area contributed by atoms with Crippen molar-refractivity contribution in [2.75, 3.05) is 18.5 Å². The molecule has 202 valence electrons. The van der Waals surface area contributed by atoms with Crippen molar-refractivity contribution >= 4 is 17.5 Å². The topological polar surface area (TPSA) is 107 Å². The highest BCUT2D eigenvalue weighted by atomic mass is 16.6. The summed E-state index contributed by atoms with van der Waals surface area (Å²) in [6.07, 6.45) is 0.271. The fraction of sp³-hybridized carbons (Fsp3) is 0.367. The van der Waals surface area contributed by atoms with Gasteiger partial charge in [0.05, 0.1) is 18.1 Å². The Hall–Kier alpha value is -3.91.